The van der Waals surface area contributed by atoms with Gasteiger partial charge in [0.2, 0.25) is 0 Å². The Bertz CT molecular complexity index is 255. The van der Waals surface area contributed by atoms with Crippen LogP contribution in [0.2, 0.25) is 0 Å². The standard InChI is InChI=1S/C11H16O2/c1-13-10(12)8-6-7-2-3-9(8)11(7)4-5-11/h7-9H,2-6H2,1H3/t7-,8+,9-/m1/s1. The molecule has 0 aromatic heterocycles. The summed E-state index contributed by atoms with van der Waals surface area (Å²) < 4.78 is 4.87. The van der Waals surface area contributed by atoms with Gasteiger partial charge in [-0.1, -0.05) is 0 Å². The van der Waals surface area contributed by atoms with Crippen LogP contribution in [0.5, 0.6) is 0 Å². The second-order valence-corrected chi connectivity index (χ2v) is 4.98. The van der Waals surface area contributed by atoms with Crippen molar-refractivity contribution in [2.75, 3.05) is 7.11 Å². The predicted molar refractivity (Wildman–Crippen MR) is 48.0 cm³/mol. The number of esters is 1. The van der Waals surface area contributed by atoms with Gasteiger partial charge < -0.3 is 4.74 Å². The lowest BCUT2D eigenvalue weighted by molar-refractivity contribution is -0.147. The highest BCUT2D eigenvalue weighted by Crippen LogP contribution is 2.72. The Balaban J connectivity index is 1.85. The zero-order valence-corrected chi connectivity index (χ0v) is 8.08. The zero-order valence-electron chi connectivity index (χ0n) is 8.08. The Morgan fingerprint density at radius 3 is 2.69 bits per heavy atom. The van der Waals surface area contributed by atoms with E-state index in [1.54, 1.807) is 0 Å². The molecule has 0 unspecified atom stereocenters. The summed E-state index contributed by atoms with van der Waals surface area (Å²) in [6.07, 6.45) is 6.55. The summed E-state index contributed by atoms with van der Waals surface area (Å²) in [5.41, 5.74) is 0.624. The van der Waals surface area contributed by atoms with E-state index < -0.39 is 0 Å². The van der Waals surface area contributed by atoms with Gasteiger partial charge >= 0.3 is 5.97 Å². The summed E-state index contributed by atoms with van der Waals surface area (Å²) in [4.78, 5) is 11.5. The molecule has 1 spiro atoms. The fourth-order valence-electron chi connectivity index (χ4n) is 4.02. The van der Waals surface area contributed by atoms with Crippen molar-refractivity contribution < 1.29 is 9.53 Å². The molecule has 3 aliphatic carbocycles. The van der Waals surface area contributed by atoms with E-state index in [-0.39, 0.29) is 11.9 Å². The van der Waals surface area contributed by atoms with E-state index in [4.69, 9.17) is 4.74 Å². The molecule has 2 nitrogen and oxygen atoms in total. The van der Waals surface area contributed by atoms with Gasteiger partial charge in [0.1, 0.15) is 0 Å². The summed E-state index contributed by atoms with van der Waals surface area (Å²) in [6.45, 7) is 0. The Morgan fingerprint density at radius 1 is 1.38 bits per heavy atom. The molecule has 2 heteroatoms. The number of methoxy groups -OCH3 is 1. The monoisotopic (exact) mass is 180 g/mol. The first-order valence-electron chi connectivity index (χ1n) is 5.36. The summed E-state index contributed by atoms with van der Waals surface area (Å²) in [5, 5.41) is 0. The topological polar surface area (TPSA) is 26.3 Å². The van der Waals surface area contributed by atoms with Gasteiger partial charge in [-0.05, 0) is 49.4 Å². The molecule has 3 saturated carbocycles. The molecule has 2 bridgehead atoms. The Hall–Kier alpha value is -0.530. The van der Waals surface area contributed by atoms with Gasteiger partial charge in [-0.3, -0.25) is 4.79 Å². The number of rotatable bonds is 1. The molecule has 0 N–H and O–H groups in total. The van der Waals surface area contributed by atoms with E-state index in [0.29, 0.717) is 11.3 Å². The van der Waals surface area contributed by atoms with Crippen molar-refractivity contribution in [1.29, 1.82) is 0 Å². The lowest BCUT2D eigenvalue weighted by atomic mass is 9.87. The predicted octanol–water partition coefficient (Wildman–Crippen LogP) is 1.99. The Labute approximate surface area is 78.6 Å². The molecular weight excluding hydrogens is 164 g/mol. The lowest BCUT2D eigenvalue weighted by Crippen LogP contribution is -2.23. The van der Waals surface area contributed by atoms with Gasteiger partial charge in [0.15, 0.2) is 0 Å². The van der Waals surface area contributed by atoms with Gasteiger partial charge in [-0.2, -0.15) is 0 Å². The van der Waals surface area contributed by atoms with Gasteiger partial charge in [0, 0.05) is 0 Å². The molecule has 0 radical (unpaired) electrons. The van der Waals surface area contributed by atoms with Crippen LogP contribution in [0.25, 0.3) is 0 Å². The third kappa shape index (κ3) is 0.818. The van der Waals surface area contributed by atoms with Crippen LogP contribution in [0.4, 0.5) is 0 Å². The molecule has 0 amide bonds. The number of carbonyl (C=O) groups excluding carboxylic acids is 1. The van der Waals surface area contributed by atoms with Crippen LogP contribution >= 0.6 is 0 Å². The fraction of sp³-hybridized carbons (Fsp3) is 0.909. The van der Waals surface area contributed by atoms with E-state index in [1.807, 2.05) is 0 Å². The van der Waals surface area contributed by atoms with Crippen LogP contribution in [0, 0.1) is 23.2 Å². The van der Waals surface area contributed by atoms with Crippen molar-refractivity contribution in [1.82, 2.24) is 0 Å². The number of hydrogen-bond acceptors (Lipinski definition) is 2. The van der Waals surface area contributed by atoms with E-state index in [2.05, 4.69) is 0 Å². The summed E-state index contributed by atoms with van der Waals surface area (Å²) in [5.74, 6) is 1.86. The highest BCUT2D eigenvalue weighted by Gasteiger charge is 2.66. The van der Waals surface area contributed by atoms with Gasteiger partial charge in [-0.15, -0.1) is 0 Å². The van der Waals surface area contributed by atoms with Gasteiger partial charge in [-0.25, -0.2) is 0 Å². The zero-order chi connectivity index (χ0) is 9.05. The van der Waals surface area contributed by atoms with Crippen LogP contribution in [0.3, 0.4) is 0 Å². The van der Waals surface area contributed by atoms with Gasteiger partial charge in [0.25, 0.3) is 0 Å². The molecule has 72 valence electrons. The highest BCUT2D eigenvalue weighted by atomic mass is 16.5. The van der Waals surface area contributed by atoms with E-state index in [9.17, 15) is 4.79 Å². The molecule has 0 aromatic carbocycles. The third-order valence-corrected chi connectivity index (χ3v) is 4.73. The van der Waals surface area contributed by atoms with Gasteiger partial charge in [0.05, 0.1) is 13.0 Å². The average Bonchev–Trinajstić information content (AvgIpc) is 2.82. The Kier molecular flexibility index (Phi) is 1.38. The van der Waals surface area contributed by atoms with Crippen LogP contribution in [-0.2, 0) is 9.53 Å². The average molecular weight is 180 g/mol. The Morgan fingerprint density at radius 2 is 2.15 bits per heavy atom. The molecule has 0 aliphatic heterocycles. The molecule has 3 atom stereocenters. The maximum absolute atomic E-state index is 11.5. The first-order chi connectivity index (χ1) is 6.28. The molecule has 0 heterocycles. The number of hydrogen-bond donors (Lipinski definition) is 0. The summed E-state index contributed by atoms with van der Waals surface area (Å²) >= 11 is 0. The summed E-state index contributed by atoms with van der Waals surface area (Å²) in [6, 6.07) is 0. The largest absolute Gasteiger partial charge is 0.469 e. The van der Waals surface area contributed by atoms with E-state index in [0.717, 1.165) is 12.3 Å². The van der Waals surface area contributed by atoms with Crippen molar-refractivity contribution in [3.63, 3.8) is 0 Å². The second-order valence-electron chi connectivity index (χ2n) is 4.98. The lowest BCUT2D eigenvalue weighted by Gasteiger charge is -2.19. The van der Waals surface area contributed by atoms with Crippen molar-refractivity contribution in [2.45, 2.75) is 32.1 Å². The first-order valence-corrected chi connectivity index (χ1v) is 5.36. The molecule has 3 aliphatic rings. The number of ether oxygens (including phenoxy) is 1. The molecule has 3 fully saturated rings. The minimum Gasteiger partial charge on any atom is -0.469 e. The first kappa shape index (κ1) is 7.84. The van der Waals surface area contributed by atoms with Crippen molar-refractivity contribution in [3.8, 4) is 0 Å². The SMILES string of the molecule is COC(=O)[C@H]1C[C@H]2CC[C@H]1C21CC1. The van der Waals surface area contributed by atoms with Crippen LogP contribution in [0.15, 0.2) is 0 Å². The minimum absolute atomic E-state index is 0.0541. The quantitative estimate of drug-likeness (QED) is 0.577. The van der Waals surface area contributed by atoms with Crippen molar-refractivity contribution >= 4 is 5.97 Å². The second kappa shape index (κ2) is 2.28. The molecule has 3 rings (SSSR count). The molecule has 0 aromatic rings. The van der Waals surface area contributed by atoms with E-state index >= 15 is 0 Å². The molecule has 13 heavy (non-hydrogen) atoms. The third-order valence-electron chi connectivity index (χ3n) is 4.73. The van der Waals surface area contributed by atoms with Crippen LogP contribution < -0.4 is 0 Å². The van der Waals surface area contributed by atoms with Crippen LogP contribution in [-0.4, -0.2) is 13.1 Å². The van der Waals surface area contributed by atoms with Crippen molar-refractivity contribution in [2.24, 2.45) is 23.2 Å². The molecular formula is C11H16O2. The van der Waals surface area contributed by atoms with E-state index in [1.165, 1.54) is 32.8 Å². The highest BCUT2D eigenvalue weighted by molar-refractivity contribution is 5.73. The van der Waals surface area contributed by atoms with Crippen molar-refractivity contribution in [3.05, 3.63) is 0 Å². The normalized spacial score (nSPS) is 43.9. The maximum atomic E-state index is 11.5. The maximum Gasteiger partial charge on any atom is 0.308 e. The smallest absolute Gasteiger partial charge is 0.308 e. The molecule has 0 saturated heterocycles. The fourth-order valence-corrected chi connectivity index (χ4v) is 4.02. The summed E-state index contributed by atoms with van der Waals surface area (Å²) in [7, 11) is 1.52. The minimum atomic E-state index is 0.0541. The number of carbonyl (C=O) groups is 1. The van der Waals surface area contributed by atoms with Crippen LogP contribution in [0.1, 0.15) is 32.1 Å².